The zero-order chi connectivity index (χ0) is 21.1. The third-order valence-electron chi connectivity index (χ3n) is 5.59. The highest BCUT2D eigenvalue weighted by atomic mass is 32.2. The highest BCUT2D eigenvalue weighted by molar-refractivity contribution is 7.92. The van der Waals surface area contributed by atoms with Gasteiger partial charge >= 0.3 is 0 Å². The first kappa shape index (κ1) is 20.7. The van der Waals surface area contributed by atoms with E-state index in [2.05, 4.69) is 16.3 Å². The summed E-state index contributed by atoms with van der Waals surface area (Å²) in [6.45, 7) is 3.43. The van der Waals surface area contributed by atoms with Crippen LogP contribution in [0.25, 0.3) is 0 Å². The monoisotopic (exact) mass is 429 g/mol. The standard InChI is InChI=1S/C22H27N3O4S/c1-30(27,28)25-16-21(29-20-11-5-4-10-19(20)25)22(26)23-14-17-8-2-3-9-18(17)15-24-12-6-7-13-24/h2-5,8-11,21H,6-7,12-16H2,1H3,(H,23,26)/t21-/m0/s1. The number of ether oxygens (including phenoxy) is 1. The minimum atomic E-state index is -3.53. The predicted octanol–water partition coefficient (Wildman–Crippen LogP) is 2.13. The maximum absolute atomic E-state index is 12.8. The molecule has 2 aromatic carbocycles. The Bertz CT molecular complexity index is 1020. The van der Waals surface area contributed by atoms with Crippen LogP contribution in [0.1, 0.15) is 24.0 Å². The Hall–Kier alpha value is -2.58. The zero-order valence-electron chi connectivity index (χ0n) is 17.1. The van der Waals surface area contributed by atoms with Gasteiger partial charge in [0.15, 0.2) is 6.10 Å². The van der Waals surface area contributed by atoms with Gasteiger partial charge in [0.2, 0.25) is 10.0 Å². The third-order valence-corrected chi connectivity index (χ3v) is 6.74. The lowest BCUT2D eigenvalue weighted by Crippen LogP contribution is -2.50. The van der Waals surface area contributed by atoms with Gasteiger partial charge in [0.25, 0.3) is 5.91 Å². The van der Waals surface area contributed by atoms with Gasteiger partial charge in [0.1, 0.15) is 5.75 Å². The first-order valence-electron chi connectivity index (χ1n) is 10.2. The quantitative estimate of drug-likeness (QED) is 0.761. The number of benzene rings is 2. The van der Waals surface area contributed by atoms with E-state index in [0.717, 1.165) is 31.5 Å². The lowest BCUT2D eigenvalue weighted by molar-refractivity contribution is -0.127. The van der Waals surface area contributed by atoms with Crippen LogP contribution < -0.4 is 14.4 Å². The Morgan fingerprint density at radius 1 is 1.07 bits per heavy atom. The molecule has 2 aromatic rings. The average molecular weight is 430 g/mol. The molecule has 0 bridgehead atoms. The molecule has 0 saturated carbocycles. The molecule has 4 rings (SSSR count). The molecule has 7 nitrogen and oxygen atoms in total. The molecule has 8 heteroatoms. The van der Waals surface area contributed by atoms with Gasteiger partial charge < -0.3 is 10.1 Å². The Labute approximate surface area is 177 Å². The number of likely N-dealkylation sites (tertiary alicyclic amines) is 1. The number of nitrogens with zero attached hydrogens (tertiary/aromatic N) is 2. The van der Waals surface area contributed by atoms with E-state index >= 15 is 0 Å². The second-order valence-electron chi connectivity index (χ2n) is 7.84. The van der Waals surface area contributed by atoms with E-state index in [9.17, 15) is 13.2 Å². The number of hydrogen-bond acceptors (Lipinski definition) is 5. The number of nitrogens with one attached hydrogen (secondary N) is 1. The molecule has 2 heterocycles. The van der Waals surface area contributed by atoms with Gasteiger partial charge in [0, 0.05) is 13.1 Å². The maximum Gasteiger partial charge on any atom is 0.263 e. The Kier molecular flexibility index (Phi) is 5.97. The summed E-state index contributed by atoms with van der Waals surface area (Å²) in [6.07, 6.45) is 2.70. The molecule has 30 heavy (non-hydrogen) atoms. The van der Waals surface area contributed by atoms with Crippen LogP contribution >= 0.6 is 0 Å². The van der Waals surface area contributed by atoms with Crippen molar-refractivity contribution < 1.29 is 17.9 Å². The van der Waals surface area contributed by atoms with Gasteiger partial charge in [0.05, 0.1) is 18.5 Å². The number of carbonyl (C=O) groups excluding carboxylic acids is 1. The largest absolute Gasteiger partial charge is 0.476 e. The molecule has 2 aliphatic heterocycles. The number of fused-ring (bicyclic) bond motifs is 1. The predicted molar refractivity (Wildman–Crippen MR) is 116 cm³/mol. The molecule has 1 fully saturated rings. The molecule has 1 amide bonds. The number of para-hydroxylation sites is 2. The van der Waals surface area contributed by atoms with Gasteiger partial charge in [-0.05, 0) is 49.2 Å². The van der Waals surface area contributed by atoms with Crippen LogP contribution in [0.2, 0.25) is 0 Å². The van der Waals surface area contributed by atoms with Gasteiger partial charge in [-0.15, -0.1) is 0 Å². The minimum absolute atomic E-state index is 0.0445. The van der Waals surface area contributed by atoms with Gasteiger partial charge in [-0.3, -0.25) is 14.0 Å². The number of amides is 1. The van der Waals surface area contributed by atoms with E-state index < -0.39 is 16.1 Å². The molecule has 160 valence electrons. The Balaban J connectivity index is 1.45. The van der Waals surface area contributed by atoms with Crippen LogP contribution in [0.15, 0.2) is 48.5 Å². The Morgan fingerprint density at radius 2 is 1.73 bits per heavy atom. The van der Waals surface area contributed by atoms with Crippen molar-refractivity contribution in [1.82, 2.24) is 10.2 Å². The lowest BCUT2D eigenvalue weighted by atomic mass is 10.1. The fourth-order valence-corrected chi connectivity index (χ4v) is 4.93. The molecule has 1 saturated heterocycles. The SMILES string of the molecule is CS(=O)(=O)N1C[C@@H](C(=O)NCc2ccccc2CN2CCCC2)Oc2ccccc21. The summed E-state index contributed by atoms with van der Waals surface area (Å²) < 4.78 is 31.5. The Morgan fingerprint density at radius 3 is 2.47 bits per heavy atom. The van der Waals surface area contributed by atoms with Crippen molar-refractivity contribution in [3.05, 3.63) is 59.7 Å². The summed E-state index contributed by atoms with van der Waals surface area (Å²) >= 11 is 0. The summed E-state index contributed by atoms with van der Waals surface area (Å²) in [4.78, 5) is 15.3. The van der Waals surface area contributed by atoms with Crippen LogP contribution in [0.4, 0.5) is 5.69 Å². The summed E-state index contributed by atoms with van der Waals surface area (Å²) in [5.74, 6) is 0.0675. The summed E-state index contributed by atoms with van der Waals surface area (Å²) in [7, 11) is -3.53. The van der Waals surface area contributed by atoms with Crippen molar-refractivity contribution in [2.45, 2.75) is 32.0 Å². The first-order chi connectivity index (χ1) is 14.4. The van der Waals surface area contributed by atoms with Crippen molar-refractivity contribution in [2.75, 3.05) is 30.2 Å². The van der Waals surface area contributed by atoms with E-state index in [1.165, 1.54) is 22.7 Å². The highest BCUT2D eigenvalue weighted by Gasteiger charge is 2.34. The molecular formula is C22H27N3O4S. The van der Waals surface area contributed by atoms with Crippen molar-refractivity contribution in [3.8, 4) is 5.75 Å². The summed E-state index contributed by atoms with van der Waals surface area (Å²) in [6, 6.07) is 15.0. The highest BCUT2D eigenvalue weighted by Crippen LogP contribution is 2.34. The van der Waals surface area contributed by atoms with Crippen LogP contribution in [0.3, 0.4) is 0 Å². The molecule has 0 unspecified atom stereocenters. The van der Waals surface area contributed by atoms with E-state index in [-0.39, 0.29) is 12.5 Å². The fourth-order valence-electron chi connectivity index (χ4n) is 4.01. The summed E-state index contributed by atoms with van der Waals surface area (Å²) in [5.41, 5.74) is 2.72. The number of rotatable bonds is 6. The van der Waals surface area contributed by atoms with E-state index in [4.69, 9.17) is 4.74 Å². The number of carbonyl (C=O) groups is 1. The molecule has 0 aliphatic carbocycles. The maximum atomic E-state index is 12.8. The van der Waals surface area contributed by atoms with Crippen molar-refractivity contribution >= 4 is 21.6 Å². The van der Waals surface area contributed by atoms with Gasteiger partial charge in [-0.1, -0.05) is 36.4 Å². The molecular weight excluding hydrogens is 402 g/mol. The average Bonchev–Trinajstić information content (AvgIpc) is 3.24. The van der Waals surface area contributed by atoms with Crippen molar-refractivity contribution in [2.24, 2.45) is 0 Å². The smallest absolute Gasteiger partial charge is 0.263 e. The lowest BCUT2D eigenvalue weighted by Gasteiger charge is -2.33. The van der Waals surface area contributed by atoms with Crippen LogP contribution in [0, 0.1) is 0 Å². The number of sulfonamides is 1. The second-order valence-corrected chi connectivity index (χ2v) is 9.74. The third kappa shape index (κ3) is 4.60. The molecule has 0 spiro atoms. The van der Waals surface area contributed by atoms with E-state index in [0.29, 0.717) is 18.0 Å². The second kappa shape index (κ2) is 8.65. The van der Waals surface area contributed by atoms with Gasteiger partial charge in [-0.25, -0.2) is 8.42 Å². The number of hydrogen-bond donors (Lipinski definition) is 1. The topological polar surface area (TPSA) is 79.0 Å². The zero-order valence-corrected chi connectivity index (χ0v) is 17.9. The summed E-state index contributed by atoms with van der Waals surface area (Å²) in [5, 5.41) is 2.93. The molecule has 1 N–H and O–H groups in total. The molecule has 2 aliphatic rings. The number of anilines is 1. The van der Waals surface area contributed by atoms with Crippen LogP contribution in [-0.2, 0) is 27.9 Å². The molecule has 1 atom stereocenters. The van der Waals surface area contributed by atoms with E-state index in [1.54, 1.807) is 24.3 Å². The van der Waals surface area contributed by atoms with Crippen LogP contribution in [0.5, 0.6) is 5.75 Å². The molecule has 0 aromatic heterocycles. The minimum Gasteiger partial charge on any atom is -0.476 e. The van der Waals surface area contributed by atoms with Crippen molar-refractivity contribution in [3.63, 3.8) is 0 Å². The fraction of sp³-hybridized carbons (Fsp3) is 0.409. The van der Waals surface area contributed by atoms with Gasteiger partial charge in [-0.2, -0.15) is 0 Å². The molecule has 0 radical (unpaired) electrons. The van der Waals surface area contributed by atoms with Crippen molar-refractivity contribution in [1.29, 1.82) is 0 Å². The van der Waals surface area contributed by atoms with Crippen LogP contribution in [-0.4, -0.2) is 51.2 Å². The normalized spacial score (nSPS) is 19.2. The van der Waals surface area contributed by atoms with E-state index in [1.807, 2.05) is 18.2 Å². The first-order valence-corrected chi connectivity index (χ1v) is 12.1.